The summed E-state index contributed by atoms with van der Waals surface area (Å²) in [6, 6.07) is 0. The summed E-state index contributed by atoms with van der Waals surface area (Å²) in [6.45, 7) is 3.09. The summed E-state index contributed by atoms with van der Waals surface area (Å²) in [5.74, 6) is 0. The Balaban J connectivity index is 2.43. The zero-order valence-corrected chi connectivity index (χ0v) is 7.26. The highest BCUT2D eigenvalue weighted by atomic mass is 19.1. The summed E-state index contributed by atoms with van der Waals surface area (Å²) in [5, 5.41) is 6.86. The summed E-state index contributed by atoms with van der Waals surface area (Å²) in [7, 11) is 1.90. The number of rotatable bonds is 0. The third-order valence-electron chi connectivity index (χ3n) is 2.28. The van der Waals surface area contributed by atoms with Crippen molar-refractivity contribution >= 4 is 0 Å². The van der Waals surface area contributed by atoms with Gasteiger partial charge in [-0.05, 0) is 14.0 Å². The molecular weight excluding hydrogens is 157 g/mol. The van der Waals surface area contributed by atoms with Gasteiger partial charge in [-0.1, -0.05) is 0 Å². The van der Waals surface area contributed by atoms with E-state index >= 15 is 0 Å². The number of likely N-dealkylation sites (N-methyl/N-ethyl adjacent to an activating group) is 1. The van der Waals surface area contributed by atoms with Crippen molar-refractivity contribution in [3.63, 3.8) is 0 Å². The maximum Gasteiger partial charge on any atom is 0.141 e. The summed E-state index contributed by atoms with van der Waals surface area (Å²) in [6.07, 6.45) is -0.877. The van der Waals surface area contributed by atoms with Crippen LogP contribution in [-0.4, -0.2) is 28.7 Å². The molecule has 1 atom stereocenters. The van der Waals surface area contributed by atoms with Gasteiger partial charge in [-0.15, -0.1) is 0 Å². The van der Waals surface area contributed by atoms with Crippen LogP contribution in [-0.2, 0) is 6.54 Å². The average molecular weight is 169 g/mol. The van der Waals surface area contributed by atoms with Crippen molar-refractivity contribution in [3.8, 4) is 0 Å². The smallest absolute Gasteiger partial charge is 0.141 e. The fraction of sp³-hybridized carbons (Fsp3) is 0.625. The maximum absolute atomic E-state index is 13.4. The van der Waals surface area contributed by atoms with Gasteiger partial charge in [0.15, 0.2) is 0 Å². The molecule has 0 saturated heterocycles. The van der Waals surface area contributed by atoms with Crippen LogP contribution in [0.25, 0.3) is 0 Å². The Morgan fingerprint density at radius 1 is 1.67 bits per heavy atom. The fourth-order valence-electron chi connectivity index (χ4n) is 1.71. The molecule has 0 amide bonds. The molecule has 1 aromatic rings. The highest BCUT2D eigenvalue weighted by molar-refractivity contribution is 5.29. The number of aromatic amines is 1. The van der Waals surface area contributed by atoms with Crippen LogP contribution in [0.3, 0.4) is 0 Å². The van der Waals surface area contributed by atoms with Gasteiger partial charge in [0.2, 0.25) is 0 Å². The van der Waals surface area contributed by atoms with Crippen molar-refractivity contribution in [2.45, 2.75) is 19.6 Å². The van der Waals surface area contributed by atoms with E-state index in [-0.39, 0.29) is 0 Å². The van der Waals surface area contributed by atoms with E-state index in [0.29, 0.717) is 6.54 Å². The van der Waals surface area contributed by atoms with Gasteiger partial charge in [-0.2, -0.15) is 5.10 Å². The van der Waals surface area contributed by atoms with Crippen molar-refractivity contribution in [2.24, 2.45) is 0 Å². The minimum Gasteiger partial charge on any atom is -0.297 e. The lowest BCUT2D eigenvalue weighted by atomic mass is 10.0. The molecule has 1 aliphatic heterocycles. The van der Waals surface area contributed by atoms with Crippen LogP contribution < -0.4 is 0 Å². The lowest BCUT2D eigenvalue weighted by molar-refractivity contribution is 0.193. The molecule has 1 N–H and O–H groups in total. The Morgan fingerprint density at radius 3 is 3.17 bits per heavy atom. The Hall–Kier alpha value is -0.900. The Kier molecular flexibility index (Phi) is 1.65. The van der Waals surface area contributed by atoms with Crippen LogP contribution in [0.4, 0.5) is 4.39 Å². The second kappa shape index (κ2) is 2.55. The minimum absolute atomic E-state index is 0.480. The first-order valence-electron chi connectivity index (χ1n) is 4.05. The predicted molar refractivity (Wildman–Crippen MR) is 43.5 cm³/mol. The quantitative estimate of drug-likeness (QED) is 0.632. The SMILES string of the molecule is Cc1[nH]nc2c1C(F)CN(C)C2. The van der Waals surface area contributed by atoms with Crippen molar-refractivity contribution < 1.29 is 4.39 Å². The number of nitrogens with zero attached hydrogens (tertiary/aromatic N) is 2. The maximum atomic E-state index is 13.4. The zero-order valence-electron chi connectivity index (χ0n) is 7.26. The lowest BCUT2D eigenvalue weighted by Crippen LogP contribution is -2.28. The molecule has 2 rings (SSSR count). The van der Waals surface area contributed by atoms with Crippen LogP contribution in [0.15, 0.2) is 0 Å². The normalized spacial score (nSPS) is 24.1. The number of halogens is 1. The number of nitrogens with one attached hydrogen (secondary N) is 1. The molecule has 0 spiro atoms. The van der Waals surface area contributed by atoms with Crippen molar-refractivity contribution in [1.82, 2.24) is 15.1 Å². The Morgan fingerprint density at radius 2 is 2.42 bits per heavy atom. The van der Waals surface area contributed by atoms with Gasteiger partial charge in [0.25, 0.3) is 0 Å². The molecule has 1 aliphatic rings. The summed E-state index contributed by atoms with van der Waals surface area (Å²) < 4.78 is 13.4. The molecule has 0 saturated carbocycles. The number of alkyl halides is 1. The molecule has 0 bridgehead atoms. The van der Waals surface area contributed by atoms with E-state index in [1.807, 2.05) is 18.9 Å². The number of aryl methyl sites for hydroxylation is 1. The predicted octanol–water partition coefficient (Wildman–Crippen LogP) is 1.17. The zero-order chi connectivity index (χ0) is 8.72. The topological polar surface area (TPSA) is 31.9 Å². The van der Waals surface area contributed by atoms with Gasteiger partial charge in [-0.25, -0.2) is 4.39 Å². The lowest BCUT2D eigenvalue weighted by Gasteiger charge is -2.24. The van der Waals surface area contributed by atoms with Crippen molar-refractivity contribution in [1.29, 1.82) is 0 Å². The van der Waals surface area contributed by atoms with E-state index in [2.05, 4.69) is 10.2 Å². The Bertz CT molecular complexity index is 294. The third-order valence-corrected chi connectivity index (χ3v) is 2.28. The molecule has 66 valence electrons. The largest absolute Gasteiger partial charge is 0.297 e. The van der Waals surface area contributed by atoms with Crippen LogP contribution in [0.2, 0.25) is 0 Å². The molecule has 3 nitrogen and oxygen atoms in total. The standard InChI is InChI=1S/C8H12FN3/c1-5-8-6(9)3-12(2)4-7(8)11-10-5/h6H,3-4H2,1-2H3,(H,10,11). The van der Waals surface area contributed by atoms with Gasteiger partial charge in [-0.3, -0.25) is 10.00 Å². The van der Waals surface area contributed by atoms with Gasteiger partial charge < -0.3 is 0 Å². The molecular formula is C8H12FN3. The first-order valence-corrected chi connectivity index (χ1v) is 4.05. The van der Waals surface area contributed by atoms with Gasteiger partial charge in [0.05, 0.1) is 5.69 Å². The van der Waals surface area contributed by atoms with E-state index in [4.69, 9.17) is 0 Å². The monoisotopic (exact) mass is 169 g/mol. The average Bonchev–Trinajstić information content (AvgIpc) is 2.31. The molecule has 1 aromatic heterocycles. The van der Waals surface area contributed by atoms with E-state index < -0.39 is 6.17 Å². The van der Waals surface area contributed by atoms with E-state index in [1.165, 1.54) is 0 Å². The van der Waals surface area contributed by atoms with Crippen LogP contribution in [0.5, 0.6) is 0 Å². The number of aromatic nitrogens is 2. The molecule has 2 heterocycles. The summed E-state index contributed by atoms with van der Waals surface area (Å²) >= 11 is 0. The second-order valence-electron chi connectivity index (χ2n) is 3.37. The van der Waals surface area contributed by atoms with E-state index in [0.717, 1.165) is 23.5 Å². The highest BCUT2D eigenvalue weighted by Crippen LogP contribution is 2.29. The number of hydrogen-bond acceptors (Lipinski definition) is 2. The van der Waals surface area contributed by atoms with Crippen molar-refractivity contribution in [3.05, 3.63) is 17.0 Å². The molecule has 0 aromatic carbocycles. The molecule has 12 heavy (non-hydrogen) atoms. The number of fused-ring (bicyclic) bond motifs is 1. The third kappa shape index (κ3) is 1.03. The minimum atomic E-state index is -0.877. The summed E-state index contributed by atoms with van der Waals surface area (Å²) in [5.41, 5.74) is 2.49. The summed E-state index contributed by atoms with van der Waals surface area (Å²) in [4.78, 5) is 1.94. The van der Waals surface area contributed by atoms with Gasteiger partial charge in [0.1, 0.15) is 6.17 Å². The molecule has 4 heteroatoms. The van der Waals surface area contributed by atoms with E-state index in [9.17, 15) is 4.39 Å². The van der Waals surface area contributed by atoms with Gasteiger partial charge >= 0.3 is 0 Å². The van der Waals surface area contributed by atoms with E-state index in [1.54, 1.807) is 0 Å². The van der Waals surface area contributed by atoms with Crippen molar-refractivity contribution in [2.75, 3.05) is 13.6 Å². The van der Waals surface area contributed by atoms with Gasteiger partial charge in [0, 0.05) is 24.3 Å². The fourth-order valence-corrected chi connectivity index (χ4v) is 1.71. The first kappa shape index (κ1) is 7.73. The second-order valence-corrected chi connectivity index (χ2v) is 3.37. The Labute approximate surface area is 70.6 Å². The number of hydrogen-bond donors (Lipinski definition) is 1. The van der Waals surface area contributed by atoms with Crippen LogP contribution in [0, 0.1) is 6.92 Å². The molecule has 0 fully saturated rings. The molecule has 1 unspecified atom stereocenters. The van der Waals surface area contributed by atoms with Crippen LogP contribution in [0.1, 0.15) is 23.1 Å². The van der Waals surface area contributed by atoms with Crippen LogP contribution >= 0.6 is 0 Å². The molecule has 0 aliphatic carbocycles. The molecule has 0 radical (unpaired) electrons. The first-order chi connectivity index (χ1) is 5.68. The highest BCUT2D eigenvalue weighted by Gasteiger charge is 2.26. The number of H-pyrrole nitrogens is 1.